The van der Waals surface area contributed by atoms with Crippen molar-refractivity contribution in [3.63, 3.8) is 0 Å². The fourth-order valence-electron chi connectivity index (χ4n) is 2.77. The zero-order chi connectivity index (χ0) is 13.3. The molecule has 1 aromatic carbocycles. The van der Waals surface area contributed by atoms with Crippen molar-refractivity contribution in [2.45, 2.75) is 44.5 Å². The molecule has 0 amide bonds. The molecule has 1 N–H and O–H groups in total. The van der Waals surface area contributed by atoms with E-state index in [4.69, 9.17) is 0 Å². The van der Waals surface area contributed by atoms with Gasteiger partial charge in [-0.25, -0.2) is 0 Å². The molecule has 18 heavy (non-hydrogen) atoms. The summed E-state index contributed by atoms with van der Waals surface area (Å²) < 4.78 is 12.5. The van der Waals surface area contributed by atoms with E-state index in [0.717, 1.165) is 5.75 Å². The number of hydrogen-bond acceptors (Lipinski definition) is 2. The Bertz CT molecular complexity index is 427. The second kappa shape index (κ2) is 5.14. The maximum absolute atomic E-state index is 12.5. The molecule has 0 radical (unpaired) electrons. The van der Waals surface area contributed by atoms with Crippen LogP contribution in [0.15, 0.2) is 30.3 Å². The Hall–Kier alpha value is -0.670. The standard InChI is InChI=1S/C15H23NOS/c1-11(2)14-13(12-8-6-5-7-9-12)16-15(3,4)10-18(14)17/h5-9,11,13-14,16H,10H2,1-4H3. The molecule has 1 saturated heterocycles. The van der Waals surface area contributed by atoms with E-state index in [-0.39, 0.29) is 16.8 Å². The van der Waals surface area contributed by atoms with Crippen LogP contribution in [0.3, 0.4) is 0 Å². The van der Waals surface area contributed by atoms with Crippen LogP contribution in [-0.4, -0.2) is 20.8 Å². The van der Waals surface area contributed by atoms with Gasteiger partial charge < -0.3 is 5.32 Å². The number of rotatable bonds is 2. The molecule has 2 nitrogen and oxygen atoms in total. The predicted molar refractivity (Wildman–Crippen MR) is 78.0 cm³/mol. The smallest absolute Gasteiger partial charge is 0.0566 e. The third-order valence-electron chi connectivity index (χ3n) is 3.50. The van der Waals surface area contributed by atoms with Gasteiger partial charge in [0.25, 0.3) is 0 Å². The highest BCUT2D eigenvalue weighted by molar-refractivity contribution is 7.85. The van der Waals surface area contributed by atoms with Gasteiger partial charge in [-0.05, 0) is 25.3 Å². The normalized spacial score (nSPS) is 31.5. The third kappa shape index (κ3) is 2.83. The minimum absolute atomic E-state index is 0.0588. The molecule has 1 fully saturated rings. The molecular weight excluding hydrogens is 242 g/mol. The maximum Gasteiger partial charge on any atom is 0.0566 e. The minimum Gasteiger partial charge on any atom is -0.303 e. The van der Waals surface area contributed by atoms with E-state index in [0.29, 0.717) is 5.92 Å². The molecule has 1 aliphatic heterocycles. The Labute approximate surface area is 113 Å². The van der Waals surface area contributed by atoms with E-state index in [1.165, 1.54) is 5.56 Å². The lowest BCUT2D eigenvalue weighted by Crippen LogP contribution is -2.57. The lowest BCUT2D eigenvalue weighted by Gasteiger charge is -2.43. The summed E-state index contributed by atoms with van der Waals surface area (Å²) in [6.45, 7) is 8.60. The molecule has 3 unspecified atom stereocenters. The highest BCUT2D eigenvalue weighted by Crippen LogP contribution is 2.33. The second-order valence-corrected chi connectivity index (χ2v) is 7.74. The SMILES string of the molecule is CC(C)C1C(c2ccccc2)NC(C)(C)CS1=O. The summed E-state index contributed by atoms with van der Waals surface area (Å²) >= 11 is 0. The predicted octanol–water partition coefficient (Wildman–Crippen LogP) is 2.88. The molecule has 3 heteroatoms. The van der Waals surface area contributed by atoms with Crippen molar-refractivity contribution in [3.8, 4) is 0 Å². The van der Waals surface area contributed by atoms with E-state index in [2.05, 4.69) is 57.3 Å². The second-order valence-electron chi connectivity index (χ2n) is 6.15. The van der Waals surface area contributed by atoms with Gasteiger partial charge in [0, 0.05) is 28.1 Å². The van der Waals surface area contributed by atoms with Crippen LogP contribution in [0.5, 0.6) is 0 Å². The molecule has 0 saturated carbocycles. The fourth-order valence-corrected chi connectivity index (χ4v) is 4.89. The first-order valence-electron chi connectivity index (χ1n) is 6.60. The first-order valence-corrected chi connectivity index (χ1v) is 7.99. The highest BCUT2D eigenvalue weighted by Gasteiger charge is 2.41. The lowest BCUT2D eigenvalue weighted by molar-refractivity contribution is 0.313. The summed E-state index contributed by atoms with van der Waals surface area (Å²) in [5.74, 6) is 1.15. The van der Waals surface area contributed by atoms with Gasteiger partial charge in [-0.3, -0.25) is 4.21 Å². The third-order valence-corrected chi connectivity index (χ3v) is 5.93. The maximum atomic E-state index is 12.5. The van der Waals surface area contributed by atoms with Gasteiger partial charge in [0.2, 0.25) is 0 Å². The molecule has 100 valence electrons. The Morgan fingerprint density at radius 1 is 1.28 bits per heavy atom. The summed E-state index contributed by atoms with van der Waals surface area (Å²) in [6, 6.07) is 10.6. The van der Waals surface area contributed by atoms with E-state index in [1.807, 2.05) is 6.07 Å². The van der Waals surface area contributed by atoms with Crippen molar-refractivity contribution >= 4 is 10.8 Å². The van der Waals surface area contributed by atoms with Crippen LogP contribution < -0.4 is 5.32 Å². The van der Waals surface area contributed by atoms with Gasteiger partial charge >= 0.3 is 0 Å². The van der Waals surface area contributed by atoms with Crippen LogP contribution in [0.4, 0.5) is 0 Å². The quantitative estimate of drug-likeness (QED) is 0.891. The van der Waals surface area contributed by atoms with Crippen molar-refractivity contribution in [1.82, 2.24) is 5.32 Å². The van der Waals surface area contributed by atoms with Crippen LogP contribution in [0, 0.1) is 5.92 Å². The van der Waals surface area contributed by atoms with Gasteiger partial charge in [-0.15, -0.1) is 0 Å². The van der Waals surface area contributed by atoms with Crippen LogP contribution in [-0.2, 0) is 10.8 Å². The summed E-state index contributed by atoms with van der Waals surface area (Å²) in [5.41, 5.74) is 1.19. The summed E-state index contributed by atoms with van der Waals surface area (Å²) in [4.78, 5) is 0. The number of nitrogens with one attached hydrogen (secondary N) is 1. The highest BCUT2D eigenvalue weighted by atomic mass is 32.2. The largest absolute Gasteiger partial charge is 0.303 e. The Morgan fingerprint density at radius 2 is 1.89 bits per heavy atom. The van der Waals surface area contributed by atoms with E-state index < -0.39 is 10.8 Å². The lowest BCUT2D eigenvalue weighted by atomic mass is 9.93. The van der Waals surface area contributed by atoms with Gasteiger partial charge in [-0.2, -0.15) is 0 Å². The molecule has 0 spiro atoms. The monoisotopic (exact) mass is 265 g/mol. The van der Waals surface area contributed by atoms with Crippen molar-refractivity contribution in [2.75, 3.05) is 5.75 Å². The first kappa shape index (κ1) is 13.8. The molecule has 0 bridgehead atoms. The Balaban J connectivity index is 2.36. The van der Waals surface area contributed by atoms with Crippen LogP contribution >= 0.6 is 0 Å². The molecule has 1 heterocycles. The molecule has 0 aromatic heterocycles. The van der Waals surface area contributed by atoms with Gasteiger partial charge in [0.1, 0.15) is 0 Å². The van der Waals surface area contributed by atoms with Crippen molar-refractivity contribution in [3.05, 3.63) is 35.9 Å². The summed E-state index contributed by atoms with van der Waals surface area (Å²) in [5, 5.41) is 3.87. The molecule has 0 aliphatic carbocycles. The van der Waals surface area contributed by atoms with Crippen LogP contribution in [0.2, 0.25) is 0 Å². The van der Waals surface area contributed by atoms with Crippen molar-refractivity contribution in [2.24, 2.45) is 5.92 Å². The van der Waals surface area contributed by atoms with Crippen molar-refractivity contribution in [1.29, 1.82) is 0 Å². The average Bonchev–Trinajstić information content (AvgIpc) is 2.27. The van der Waals surface area contributed by atoms with E-state index in [9.17, 15) is 4.21 Å². The Morgan fingerprint density at radius 3 is 2.44 bits per heavy atom. The van der Waals surface area contributed by atoms with Gasteiger partial charge in [0.15, 0.2) is 0 Å². The molecular formula is C15H23NOS. The summed E-state index contributed by atoms with van der Waals surface area (Å²) in [6.07, 6.45) is 0. The topological polar surface area (TPSA) is 29.1 Å². The van der Waals surface area contributed by atoms with E-state index in [1.54, 1.807) is 0 Å². The van der Waals surface area contributed by atoms with Gasteiger partial charge in [-0.1, -0.05) is 44.2 Å². The Kier molecular flexibility index (Phi) is 3.93. The summed E-state index contributed by atoms with van der Waals surface area (Å²) in [7, 11) is -0.771. The first-order chi connectivity index (χ1) is 8.41. The molecule has 3 atom stereocenters. The van der Waals surface area contributed by atoms with Crippen molar-refractivity contribution < 1.29 is 4.21 Å². The number of benzene rings is 1. The van der Waals surface area contributed by atoms with Gasteiger partial charge in [0.05, 0.1) is 5.25 Å². The number of hydrogen-bond donors (Lipinski definition) is 1. The van der Waals surface area contributed by atoms with E-state index >= 15 is 0 Å². The van der Waals surface area contributed by atoms with Crippen LogP contribution in [0.1, 0.15) is 39.3 Å². The fraction of sp³-hybridized carbons (Fsp3) is 0.600. The average molecular weight is 265 g/mol. The zero-order valence-electron chi connectivity index (χ0n) is 11.6. The minimum atomic E-state index is -0.771. The molecule has 1 aliphatic rings. The zero-order valence-corrected chi connectivity index (χ0v) is 12.5. The molecule has 1 aromatic rings. The molecule has 2 rings (SSSR count). The van der Waals surface area contributed by atoms with Crippen LogP contribution in [0.25, 0.3) is 0 Å².